The molecule has 0 saturated heterocycles. The zero-order valence-electron chi connectivity index (χ0n) is 16.1. The number of hydrogen-bond donors (Lipinski definition) is 0. The fourth-order valence-electron chi connectivity index (χ4n) is 3.47. The molecule has 0 aliphatic carbocycles. The van der Waals surface area contributed by atoms with Gasteiger partial charge in [-0.05, 0) is 65.3 Å². The Balaban J connectivity index is 1.55. The van der Waals surface area contributed by atoms with E-state index in [1.807, 2.05) is 73.8 Å². The van der Waals surface area contributed by atoms with Crippen molar-refractivity contribution in [2.45, 2.75) is 13.5 Å². The molecule has 4 aromatic rings. The number of para-hydroxylation sites is 2. The predicted molar refractivity (Wildman–Crippen MR) is 117 cm³/mol. The van der Waals surface area contributed by atoms with Crippen molar-refractivity contribution in [3.05, 3.63) is 94.4 Å². The summed E-state index contributed by atoms with van der Waals surface area (Å²) in [6, 6.07) is 18.8. The van der Waals surface area contributed by atoms with E-state index < -0.39 is 0 Å². The number of aryl methyl sites for hydroxylation is 1. The summed E-state index contributed by atoms with van der Waals surface area (Å²) in [5.41, 5.74) is 3.92. The molecule has 6 nitrogen and oxygen atoms in total. The Hall–Kier alpha value is -3.45. The van der Waals surface area contributed by atoms with E-state index in [2.05, 4.69) is 26.0 Å². The van der Waals surface area contributed by atoms with Crippen LogP contribution in [0.15, 0.2) is 77.5 Å². The van der Waals surface area contributed by atoms with Gasteiger partial charge in [-0.1, -0.05) is 18.2 Å². The highest BCUT2D eigenvalue weighted by molar-refractivity contribution is 9.10. The molecular formula is C23H17BrN4O2. The number of halogens is 1. The van der Waals surface area contributed by atoms with E-state index in [1.54, 1.807) is 15.8 Å². The minimum absolute atomic E-state index is 0.127. The molecule has 1 amide bonds. The summed E-state index contributed by atoms with van der Waals surface area (Å²) in [7, 11) is 0. The van der Waals surface area contributed by atoms with Gasteiger partial charge in [0.15, 0.2) is 5.75 Å². The van der Waals surface area contributed by atoms with Crippen LogP contribution in [0, 0.1) is 6.92 Å². The van der Waals surface area contributed by atoms with Gasteiger partial charge in [0.25, 0.3) is 5.91 Å². The van der Waals surface area contributed by atoms with E-state index in [1.165, 1.54) is 0 Å². The van der Waals surface area contributed by atoms with Crippen LogP contribution in [0.5, 0.6) is 11.6 Å². The van der Waals surface area contributed by atoms with Gasteiger partial charge in [0, 0.05) is 22.4 Å². The maximum atomic E-state index is 13.6. The Labute approximate surface area is 181 Å². The lowest BCUT2D eigenvalue weighted by molar-refractivity contribution is 0.0984. The fourth-order valence-corrected chi connectivity index (χ4v) is 4.00. The first-order valence-corrected chi connectivity index (χ1v) is 10.2. The number of aromatic nitrogens is 3. The first-order chi connectivity index (χ1) is 14.6. The van der Waals surface area contributed by atoms with Crippen LogP contribution in [0.2, 0.25) is 0 Å². The third kappa shape index (κ3) is 3.27. The molecule has 0 bridgehead atoms. The largest absolute Gasteiger partial charge is 0.436 e. The van der Waals surface area contributed by atoms with Crippen LogP contribution in [0.1, 0.15) is 21.6 Å². The molecule has 1 aliphatic heterocycles. The first kappa shape index (κ1) is 18.6. The minimum atomic E-state index is -0.127. The lowest BCUT2D eigenvalue weighted by Gasteiger charge is -2.22. The van der Waals surface area contributed by atoms with E-state index in [-0.39, 0.29) is 5.91 Å². The number of benzene rings is 2. The van der Waals surface area contributed by atoms with Crippen molar-refractivity contribution in [3.8, 4) is 17.3 Å². The summed E-state index contributed by atoms with van der Waals surface area (Å²) in [4.78, 5) is 19.6. The molecule has 3 heterocycles. The predicted octanol–water partition coefficient (Wildman–Crippen LogP) is 5.29. The second-order valence-electron chi connectivity index (χ2n) is 6.99. The van der Waals surface area contributed by atoms with Gasteiger partial charge in [-0.2, -0.15) is 5.10 Å². The fraction of sp³-hybridized carbons (Fsp3) is 0.0870. The SMILES string of the molecule is Cc1ccn(-c2ccc(C(=O)N3Cc4cccnc4Oc4ccccc43)c(Br)c2)n1. The second kappa shape index (κ2) is 7.42. The van der Waals surface area contributed by atoms with Crippen molar-refractivity contribution in [3.63, 3.8) is 0 Å². The summed E-state index contributed by atoms with van der Waals surface area (Å²) < 4.78 is 8.48. The highest BCUT2D eigenvalue weighted by Gasteiger charge is 2.27. The number of hydrogen-bond acceptors (Lipinski definition) is 4. The van der Waals surface area contributed by atoms with Crippen LogP contribution >= 0.6 is 15.9 Å². The van der Waals surface area contributed by atoms with E-state index in [9.17, 15) is 4.79 Å². The molecule has 30 heavy (non-hydrogen) atoms. The maximum Gasteiger partial charge on any atom is 0.259 e. The highest BCUT2D eigenvalue weighted by atomic mass is 79.9. The van der Waals surface area contributed by atoms with E-state index in [4.69, 9.17) is 4.74 Å². The van der Waals surface area contributed by atoms with Crippen LogP contribution < -0.4 is 9.64 Å². The smallest absolute Gasteiger partial charge is 0.259 e. The number of amides is 1. The number of anilines is 1. The average molecular weight is 461 g/mol. The third-order valence-corrected chi connectivity index (χ3v) is 5.61. The average Bonchev–Trinajstić information content (AvgIpc) is 3.11. The molecule has 7 heteroatoms. The molecule has 1 aliphatic rings. The van der Waals surface area contributed by atoms with E-state index >= 15 is 0 Å². The van der Waals surface area contributed by atoms with Crippen LogP contribution in [0.3, 0.4) is 0 Å². The van der Waals surface area contributed by atoms with Gasteiger partial charge in [-0.15, -0.1) is 0 Å². The molecule has 2 aromatic heterocycles. The lowest BCUT2D eigenvalue weighted by Crippen LogP contribution is -2.30. The maximum absolute atomic E-state index is 13.6. The number of fused-ring (bicyclic) bond motifs is 2. The Morgan fingerprint density at radius 3 is 2.77 bits per heavy atom. The number of carbonyl (C=O) groups is 1. The van der Waals surface area contributed by atoms with Gasteiger partial charge >= 0.3 is 0 Å². The summed E-state index contributed by atoms with van der Waals surface area (Å²) in [6.07, 6.45) is 3.58. The Morgan fingerprint density at radius 2 is 1.97 bits per heavy atom. The van der Waals surface area contributed by atoms with E-state index in [0.29, 0.717) is 33.9 Å². The van der Waals surface area contributed by atoms with Crippen molar-refractivity contribution in [1.82, 2.24) is 14.8 Å². The molecule has 0 fully saturated rings. The van der Waals surface area contributed by atoms with Crippen LogP contribution in [-0.2, 0) is 6.54 Å². The minimum Gasteiger partial charge on any atom is -0.436 e. The number of nitrogens with zero attached hydrogens (tertiary/aromatic N) is 4. The first-order valence-electron chi connectivity index (χ1n) is 9.45. The van der Waals surface area contributed by atoms with Crippen LogP contribution in [0.25, 0.3) is 5.69 Å². The Bertz CT molecular complexity index is 1270. The molecule has 0 spiro atoms. The van der Waals surface area contributed by atoms with Gasteiger partial charge in [0.2, 0.25) is 5.88 Å². The number of pyridine rings is 1. The summed E-state index contributed by atoms with van der Waals surface area (Å²) in [6.45, 7) is 2.31. The summed E-state index contributed by atoms with van der Waals surface area (Å²) in [5, 5.41) is 4.43. The third-order valence-electron chi connectivity index (χ3n) is 4.96. The molecule has 0 atom stereocenters. The standard InChI is InChI=1S/C23H17BrN4O2/c1-15-10-12-28(26-15)17-8-9-18(19(24)13-17)23(29)27-14-16-5-4-11-25-22(16)30-21-7-3-2-6-20(21)27/h2-13H,14H2,1H3. The molecule has 0 saturated carbocycles. The Kier molecular flexibility index (Phi) is 4.59. The van der Waals surface area contributed by atoms with Crippen molar-refractivity contribution >= 4 is 27.5 Å². The van der Waals surface area contributed by atoms with Gasteiger partial charge in [0.1, 0.15) is 0 Å². The molecule has 0 unspecified atom stereocenters. The van der Waals surface area contributed by atoms with E-state index in [0.717, 1.165) is 16.9 Å². The second-order valence-corrected chi connectivity index (χ2v) is 7.85. The number of ether oxygens (including phenoxy) is 1. The molecule has 148 valence electrons. The van der Waals surface area contributed by atoms with Crippen molar-refractivity contribution < 1.29 is 9.53 Å². The molecular weight excluding hydrogens is 444 g/mol. The van der Waals surface area contributed by atoms with Crippen molar-refractivity contribution in [2.24, 2.45) is 0 Å². The zero-order valence-corrected chi connectivity index (χ0v) is 17.7. The summed E-state index contributed by atoms with van der Waals surface area (Å²) >= 11 is 3.58. The monoisotopic (exact) mass is 460 g/mol. The van der Waals surface area contributed by atoms with Gasteiger partial charge < -0.3 is 9.64 Å². The number of rotatable bonds is 2. The quantitative estimate of drug-likeness (QED) is 0.407. The van der Waals surface area contributed by atoms with Gasteiger partial charge in [0.05, 0.1) is 29.2 Å². The summed E-state index contributed by atoms with van der Waals surface area (Å²) in [5.74, 6) is 0.990. The Morgan fingerprint density at radius 1 is 1.10 bits per heavy atom. The molecule has 2 aromatic carbocycles. The zero-order chi connectivity index (χ0) is 20.7. The molecule has 5 rings (SSSR count). The van der Waals surface area contributed by atoms with Crippen molar-refractivity contribution in [1.29, 1.82) is 0 Å². The lowest BCUT2D eigenvalue weighted by atomic mass is 10.1. The molecule has 0 radical (unpaired) electrons. The highest BCUT2D eigenvalue weighted by Crippen LogP contribution is 2.39. The number of carbonyl (C=O) groups excluding carboxylic acids is 1. The van der Waals surface area contributed by atoms with Gasteiger partial charge in [-0.25, -0.2) is 9.67 Å². The van der Waals surface area contributed by atoms with Crippen LogP contribution in [-0.4, -0.2) is 20.7 Å². The van der Waals surface area contributed by atoms with Crippen LogP contribution in [0.4, 0.5) is 5.69 Å². The normalized spacial score (nSPS) is 12.5. The molecule has 0 N–H and O–H groups in total. The van der Waals surface area contributed by atoms with Gasteiger partial charge in [-0.3, -0.25) is 4.79 Å². The van der Waals surface area contributed by atoms with Crippen molar-refractivity contribution in [2.75, 3.05) is 4.90 Å². The topological polar surface area (TPSA) is 60.2 Å².